The maximum absolute atomic E-state index is 11.3. The molecule has 0 bridgehead atoms. The van der Waals surface area contributed by atoms with Crippen LogP contribution in [-0.2, 0) is 19.1 Å². The molecule has 0 aliphatic carbocycles. The number of rotatable bonds is 8. The number of nitrogens with zero attached hydrogens (tertiary/aromatic N) is 1. The molecule has 0 aliphatic heterocycles. The van der Waals surface area contributed by atoms with Gasteiger partial charge in [0.2, 0.25) is 0 Å². The lowest BCUT2D eigenvalue weighted by atomic mass is 9.96. The molecule has 0 rings (SSSR count). The Hall–Kier alpha value is -2.40. The Morgan fingerprint density at radius 2 is 1.42 bits per heavy atom. The van der Waals surface area contributed by atoms with Crippen molar-refractivity contribution in [1.82, 2.24) is 4.90 Å². The van der Waals surface area contributed by atoms with Gasteiger partial charge in [-0.2, -0.15) is 0 Å². The van der Waals surface area contributed by atoms with Gasteiger partial charge in [0, 0.05) is 13.6 Å². The van der Waals surface area contributed by atoms with Crippen molar-refractivity contribution in [2.75, 3.05) is 20.1 Å². The molecule has 0 fully saturated rings. The van der Waals surface area contributed by atoms with Crippen LogP contribution in [0.5, 0.6) is 0 Å². The monoisotopic (exact) mass is 380 g/mol. The predicted molar refractivity (Wildman–Crippen MR) is 89.6 cm³/mol. The molecule has 26 heavy (non-hydrogen) atoms. The number of carbonyl (C=O) groups excluding carboxylic acids is 1. The molecule has 0 aliphatic rings. The Morgan fingerprint density at radius 3 is 1.69 bits per heavy atom. The van der Waals surface area contributed by atoms with Crippen molar-refractivity contribution < 1.29 is 44.3 Å². The van der Waals surface area contributed by atoms with E-state index in [1.54, 1.807) is 7.05 Å². The standard InChI is InChI=1S/C9H20N2O2.C6H8O7/c1-9(2,3)13-8(12)11(4)7-5-6-10;7-3(8)1-6(13,5(11)12)2-4(9)10/h5-7,10H2,1-4H3;13H,1-2H2,(H,7,8)(H,9,10)(H,11,12). The highest BCUT2D eigenvalue weighted by Crippen LogP contribution is 2.15. The lowest BCUT2D eigenvalue weighted by Crippen LogP contribution is -2.42. The molecule has 0 radical (unpaired) electrons. The van der Waals surface area contributed by atoms with E-state index in [0.717, 1.165) is 6.42 Å². The lowest BCUT2D eigenvalue weighted by molar-refractivity contribution is -0.170. The quantitative estimate of drug-likeness (QED) is 0.382. The highest BCUT2D eigenvalue weighted by atomic mass is 16.6. The maximum Gasteiger partial charge on any atom is 0.410 e. The van der Waals surface area contributed by atoms with E-state index in [1.807, 2.05) is 20.8 Å². The number of aliphatic carboxylic acids is 3. The zero-order valence-electron chi connectivity index (χ0n) is 15.4. The summed E-state index contributed by atoms with van der Waals surface area (Å²) >= 11 is 0. The van der Waals surface area contributed by atoms with Gasteiger partial charge >= 0.3 is 24.0 Å². The Bertz CT molecular complexity index is 484. The van der Waals surface area contributed by atoms with Crippen molar-refractivity contribution in [2.24, 2.45) is 5.73 Å². The number of carboxylic acid groups (broad SMARTS) is 3. The normalized spacial score (nSPS) is 11.0. The summed E-state index contributed by atoms with van der Waals surface area (Å²) in [5.41, 5.74) is 2.16. The molecule has 6 N–H and O–H groups in total. The van der Waals surface area contributed by atoms with Gasteiger partial charge in [-0.05, 0) is 33.7 Å². The fourth-order valence-electron chi connectivity index (χ4n) is 1.47. The molecule has 152 valence electrons. The Kier molecular flexibility index (Phi) is 11.2. The number of hydrogen-bond donors (Lipinski definition) is 5. The topological polar surface area (TPSA) is 188 Å². The van der Waals surface area contributed by atoms with E-state index in [1.165, 1.54) is 4.90 Å². The summed E-state index contributed by atoms with van der Waals surface area (Å²) < 4.78 is 5.14. The third kappa shape index (κ3) is 13.0. The van der Waals surface area contributed by atoms with Gasteiger partial charge in [0.05, 0.1) is 12.8 Å². The number of nitrogens with two attached hydrogens (primary N) is 1. The molecule has 0 saturated heterocycles. The van der Waals surface area contributed by atoms with Crippen LogP contribution < -0.4 is 5.73 Å². The van der Waals surface area contributed by atoms with E-state index >= 15 is 0 Å². The van der Waals surface area contributed by atoms with Gasteiger partial charge in [-0.3, -0.25) is 9.59 Å². The first-order valence-corrected chi connectivity index (χ1v) is 7.68. The van der Waals surface area contributed by atoms with Crippen molar-refractivity contribution in [3.05, 3.63) is 0 Å². The third-order valence-corrected chi connectivity index (χ3v) is 2.69. The molecule has 0 heterocycles. The predicted octanol–water partition coefficient (Wildman–Crippen LogP) is -0.0464. The summed E-state index contributed by atoms with van der Waals surface area (Å²) in [4.78, 5) is 43.4. The molecule has 0 atom stereocenters. The van der Waals surface area contributed by atoms with Crippen LogP contribution in [0.15, 0.2) is 0 Å². The van der Waals surface area contributed by atoms with Crippen LogP contribution >= 0.6 is 0 Å². The molecular formula is C15H28N2O9. The van der Waals surface area contributed by atoms with E-state index in [2.05, 4.69) is 0 Å². The van der Waals surface area contributed by atoms with Crippen LogP contribution in [0, 0.1) is 0 Å². The second-order valence-corrected chi connectivity index (χ2v) is 6.52. The number of hydrogen-bond acceptors (Lipinski definition) is 7. The maximum atomic E-state index is 11.3. The second-order valence-electron chi connectivity index (χ2n) is 6.52. The SMILES string of the molecule is CN(CCCN)C(=O)OC(C)(C)C.O=C(O)CC(O)(CC(=O)O)C(=O)O. The Balaban J connectivity index is 0. The number of carbonyl (C=O) groups is 4. The van der Waals surface area contributed by atoms with Crippen molar-refractivity contribution in [3.63, 3.8) is 0 Å². The molecular weight excluding hydrogens is 352 g/mol. The van der Waals surface area contributed by atoms with Gasteiger partial charge in [0.1, 0.15) is 5.60 Å². The van der Waals surface area contributed by atoms with Gasteiger partial charge in [-0.1, -0.05) is 0 Å². The van der Waals surface area contributed by atoms with E-state index in [0.29, 0.717) is 13.1 Å². The number of carboxylic acids is 3. The fourth-order valence-corrected chi connectivity index (χ4v) is 1.47. The number of aliphatic hydroxyl groups is 1. The minimum Gasteiger partial charge on any atom is -0.481 e. The minimum absolute atomic E-state index is 0.291. The Labute approximate surface area is 151 Å². The molecule has 0 unspecified atom stereocenters. The molecule has 0 spiro atoms. The van der Waals surface area contributed by atoms with Gasteiger partial charge in [0.25, 0.3) is 0 Å². The van der Waals surface area contributed by atoms with Crippen LogP contribution in [0.1, 0.15) is 40.0 Å². The van der Waals surface area contributed by atoms with Crippen molar-refractivity contribution in [2.45, 2.75) is 51.2 Å². The molecule has 0 aromatic rings. The summed E-state index contributed by atoms with van der Waals surface area (Å²) in [5, 5.41) is 33.8. The molecule has 0 aromatic heterocycles. The first-order chi connectivity index (χ1) is 11.6. The fraction of sp³-hybridized carbons (Fsp3) is 0.733. The van der Waals surface area contributed by atoms with E-state index in [-0.39, 0.29) is 6.09 Å². The summed E-state index contributed by atoms with van der Waals surface area (Å²) in [6, 6.07) is 0. The molecule has 11 nitrogen and oxygen atoms in total. The zero-order chi connectivity index (χ0) is 21.1. The number of ether oxygens (including phenoxy) is 1. The number of amides is 1. The van der Waals surface area contributed by atoms with Gasteiger partial charge in [0.15, 0.2) is 5.60 Å². The highest BCUT2D eigenvalue weighted by Gasteiger charge is 2.40. The summed E-state index contributed by atoms with van der Waals surface area (Å²) in [6.45, 7) is 6.78. The van der Waals surface area contributed by atoms with Gasteiger partial charge in [-0.15, -0.1) is 0 Å². The van der Waals surface area contributed by atoms with E-state index in [9.17, 15) is 19.2 Å². The van der Waals surface area contributed by atoms with Crippen molar-refractivity contribution >= 4 is 24.0 Å². The van der Waals surface area contributed by atoms with Gasteiger partial charge < -0.3 is 35.8 Å². The van der Waals surface area contributed by atoms with Crippen LogP contribution in [-0.4, -0.2) is 80.7 Å². The smallest absolute Gasteiger partial charge is 0.410 e. The largest absolute Gasteiger partial charge is 0.481 e. The van der Waals surface area contributed by atoms with Crippen LogP contribution in [0.25, 0.3) is 0 Å². The third-order valence-electron chi connectivity index (χ3n) is 2.69. The van der Waals surface area contributed by atoms with Gasteiger partial charge in [-0.25, -0.2) is 9.59 Å². The highest BCUT2D eigenvalue weighted by molar-refractivity contribution is 5.88. The summed E-state index contributed by atoms with van der Waals surface area (Å²) in [5.74, 6) is -5.02. The van der Waals surface area contributed by atoms with E-state index in [4.69, 9.17) is 30.9 Å². The van der Waals surface area contributed by atoms with Crippen LogP contribution in [0.2, 0.25) is 0 Å². The Morgan fingerprint density at radius 1 is 1.00 bits per heavy atom. The first kappa shape index (κ1) is 25.8. The van der Waals surface area contributed by atoms with Crippen molar-refractivity contribution in [1.29, 1.82) is 0 Å². The first-order valence-electron chi connectivity index (χ1n) is 7.68. The molecule has 1 amide bonds. The minimum atomic E-state index is -2.74. The second kappa shape index (κ2) is 11.3. The van der Waals surface area contributed by atoms with Crippen molar-refractivity contribution in [3.8, 4) is 0 Å². The zero-order valence-corrected chi connectivity index (χ0v) is 15.4. The average molecular weight is 380 g/mol. The summed E-state index contributed by atoms with van der Waals surface area (Å²) in [7, 11) is 1.71. The molecule has 11 heteroatoms. The molecule has 0 aromatic carbocycles. The lowest BCUT2D eigenvalue weighted by Gasteiger charge is -2.24. The van der Waals surface area contributed by atoms with Crippen LogP contribution in [0.3, 0.4) is 0 Å². The van der Waals surface area contributed by atoms with Crippen LogP contribution in [0.4, 0.5) is 4.79 Å². The average Bonchev–Trinajstić information content (AvgIpc) is 2.41. The summed E-state index contributed by atoms with van der Waals surface area (Å²) in [6.07, 6.45) is -1.78. The molecule has 0 saturated carbocycles. The van der Waals surface area contributed by atoms with E-state index < -0.39 is 42.0 Å².